The molecule has 0 fully saturated rings. The molecule has 1 atom stereocenters. The van der Waals surface area contributed by atoms with Gasteiger partial charge in [-0.1, -0.05) is 27.7 Å². The maximum atomic E-state index is 10.7. The van der Waals surface area contributed by atoms with E-state index in [2.05, 4.69) is 0 Å². The lowest BCUT2D eigenvalue weighted by molar-refractivity contribution is -0.146. The summed E-state index contributed by atoms with van der Waals surface area (Å²) in [7, 11) is 0. The topological polar surface area (TPSA) is 46.5 Å². The second-order valence-corrected chi connectivity index (χ2v) is 4.46. The molecule has 0 aliphatic heterocycles. The van der Waals surface area contributed by atoms with E-state index in [1.165, 1.54) is 0 Å². The summed E-state index contributed by atoms with van der Waals surface area (Å²) in [6, 6.07) is 0. The molecule has 1 unspecified atom stereocenters. The van der Waals surface area contributed by atoms with E-state index in [0.29, 0.717) is 12.8 Å². The van der Waals surface area contributed by atoms with Crippen LogP contribution in [-0.4, -0.2) is 23.8 Å². The quantitative estimate of drug-likeness (QED) is 0.683. The van der Waals surface area contributed by atoms with Crippen molar-refractivity contribution in [2.75, 3.05) is 6.61 Å². The van der Waals surface area contributed by atoms with Gasteiger partial charge in [-0.2, -0.15) is 0 Å². The number of carbonyl (C=O) groups excluding carboxylic acids is 1. The summed E-state index contributed by atoms with van der Waals surface area (Å²) in [4.78, 5) is 10.7. The van der Waals surface area contributed by atoms with Crippen LogP contribution < -0.4 is 0 Å². The minimum Gasteiger partial charge on any atom is -0.463 e. The lowest BCUT2D eigenvalue weighted by Crippen LogP contribution is -2.23. The third-order valence-corrected chi connectivity index (χ3v) is 1.57. The Balaban J connectivity index is 3.63. The predicted octanol–water partition coefficient (Wildman–Crippen LogP) is 1.74. The summed E-state index contributed by atoms with van der Waals surface area (Å²) < 4.78 is 4.81. The molecule has 78 valence electrons. The van der Waals surface area contributed by atoms with E-state index in [9.17, 15) is 9.90 Å². The molecule has 0 spiro atoms. The molecule has 0 aliphatic carbocycles. The molecule has 0 amide bonds. The zero-order chi connectivity index (χ0) is 10.5. The molecule has 0 rings (SSSR count). The molecule has 0 heterocycles. The van der Waals surface area contributed by atoms with Crippen molar-refractivity contribution < 1.29 is 14.6 Å². The van der Waals surface area contributed by atoms with Crippen LogP contribution in [0.2, 0.25) is 0 Å². The fourth-order valence-electron chi connectivity index (χ4n) is 1.06. The summed E-state index contributed by atoms with van der Waals surface area (Å²) in [5.41, 5.74) is 0.0675. The van der Waals surface area contributed by atoms with Crippen LogP contribution in [0, 0.1) is 5.41 Å². The smallest absolute Gasteiger partial charge is 0.305 e. The van der Waals surface area contributed by atoms with Crippen molar-refractivity contribution in [1.29, 1.82) is 0 Å². The van der Waals surface area contributed by atoms with Crippen molar-refractivity contribution in [2.24, 2.45) is 5.41 Å². The number of aliphatic hydroxyl groups excluding tert-OH is 1. The average Bonchev–Trinajstić information content (AvgIpc) is 1.97. The molecule has 0 saturated carbocycles. The van der Waals surface area contributed by atoms with Crippen molar-refractivity contribution in [3.8, 4) is 0 Å². The fraction of sp³-hybridized carbons (Fsp3) is 0.900. The fourth-order valence-corrected chi connectivity index (χ4v) is 1.06. The Hall–Kier alpha value is -0.570. The van der Waals surface area contributed by atoms with Gasteiger partial charge in [-0.25, -0.2) is 0 Å². The zero-order valence-electron chi connectivity index (χ0n) is 8.96. The number of rotatable bonds is 4. The Morgan fingerprint density at radius 1 is 1.46 bits per heavy atom. The number of esters is 1. The SMILES string of the molecule is CCC(=O)OCC(O)CC(C)(C)C. The zero-order valence-corrected chi connectivity index (χ0v) is 8.96. The van der Waals surface area contributed by atoms with E-state index in [-0.39, 0.29) is 18.0 Å². The molecular formula is C10H20O3. The van der Waals surface area contributed by atoms with E-state index >= 15 is 0 Å². The van der Waals surface area contributed by atoms with E-state index in [1.54, 1.807) is 6.92 Å². The first-order valence-corrected chi connectivity index (χ1v) is 4.69. The molecule has 3 heteroatoms. The van der Waals surface area contributed by atoms with Crippen molar-refractivity contribution in [1.82, 2.24) is 0 Å². The van der Waals surface area contributed by atoms with Crippen LogP contribution in [0.4, 0.5) is 0 Å². The summed E-state index contributed by atoms with van der Waals surface area (Å²) >= 11 is 0. The summed E-state index contributed by atoms with van der Waals surface area (Å²) in [6.45, 7) is 7.97. The molecule has 1 N–H and O–H groups in total. The normalized spacial score (nSPS) is 13.9. The predicted molar refractivity (Wildman–Crippen MR) is 51.3 cm³/mol. The number of carbonyl (C=O) groups is 1. The minimum absolute atomic E-state index is 0.0675. The van der Waals surface area contributed by atoms with E-state index in [1.807, 2.05) is 20.8 Å². The molecule has 0 radical (unpaired) electrons. The molecule has 0 aromatic carbocycles. The number of hydrogen-bond donors (Lipinski definition) is 1. The highest BCUT2D eigenvalue weighted by Gasteiger charge is 2.17. The minimum atomic E-state index is -0.546. The van der Waals surface area contributed by atoms with Crippen LogP contribution in [0.5, 0.6) is 0 Å². The lowest BCUT2D eigenvalue weighted by Gasteiger charge is -2.21. The molecule has 3 nitrogen and oxygen atoms in total. The molecular weight excluding hydrogens is 168 g/mol. The Morgan fingerprint density at radius 2 is 2.00 bits per heavy atom. The van der Waals surface area contributed by atoms with Crippen molar-refractivity contribution in [2.45, 2.75) is 46.6 Å². The highest BCUT2D eigenvalue weighted by Crippen LogP contribution is 2.20. The first-order chi connectivity index (χ1) is 5.85. The second kappa shape index (κ2) is 5.22. The van der Waals surface area contributed by atoms with Gasteiger partial charge in [-0.3, -0.25) is 4.79 Å². The van der Waals surface area contributed by atoms with Crippen LogP contribution in [0.25, 0.3) is 0 Å². The van der Waals surface area contributed by atoms with Crippen molar-refractivity contribution >= 4 is 5.97 Å². The molecule has 13 heavy (non-hydrogen) atoms. The lowest BCUT2D eigenvalue weighted by atomic mass is 9.89. The van der Waals surface area contributed by atoms with Crippen molar-refractivity contribution in [3.63, 3.8) is 0 Å². The van der Waals surface area contributed by atoms with Gasteiger partial charge in [-0.05, 0) is 11.8 Å². The molecule has 0 saturated heterocycles. The molecule has 0 aromatic rings. The summed E-state index contributed by atoms with van der Waals surface area (Å²) in [6.07, 6.45) is 0.460. The van der Waals surface area contributed by atoms with Gasteiger partial charge in [0.1, 0.15) is 6.61 Å². The largest absolute Gasteiger partial charge is 0.463 e. The van der Waals surface area contributed by atoms with Gasteiger partial charge in [0.15, 0.2) is 0 Å². The van der Waals surface area contributed by atoms with E-state index < -0.39 is 6.10 Å². The maximum absolute atomic E-state index is 10.7. The second-order valence-electron chi connectivity index (χ2n) is 4.46. The van der Waals surface area contributed by atoms with Gasteiger partial charge < -0.3 is 9.84 Å². The van der Waals surface area contributed by atoms with Crippen LogP contribution in [0.15, 0.2) is 0 Å². The average molecular weight is 188 g/mol. The van der Waals surface area contributed by atoms with Gasteiger partial charge in [0, 0.05) is 6.42 Å². The van der Waals surface area contributed by atoms with Crippen LogP contribution in [-0.2, 0) is 9.53 Å². The third kappa shape index (κ3) is 7.78. The first kappa shape index (κ1) is 12.4. The van der Waals surface area contributed by atoms with Gasteiger partial charge in [0.25, 0.3) is 0 Å². The van der Waals surface area contributed by atoms with Gasteiger partial charge in [0.05, 0.1) is 6.10 Å². The van der Waals surface area contributed by atoms with Crippen LogP contribution in [0.1, 0.15) is 40.5 Å². The Labute approximate surface area is 80.1 Å². The Bertz CT molecular complexity index is 158. The highest BCUT2D eigenvalue weighted by molar-refractivity contribution is 5.68. The molecule has 0 aromatic heterocycles. The van der Waals surface area contributed by atoms with Crippen LogP contribution >= 0.6 is 0 Å². The number of aliphatic hydroxyl groups is 1. The Morgan fingerprint density at radius 3 is 2.38 bits per heavy atom. The molecule has 0 aliphatic rings. The van der Waals surface area contributed by atoms with Crippen LogP contribution in [0.3, 0.4) is 0 Å². The van der Waals surface area contributed by atoms with E-state index in [0.717, 1.165) is 0 Å². The van der Waals surface area contributed by atoms with E-state index in [4.69, 9.17) is 4.74 Å². The van der Waals surface area contributed by atoms with Gasteiger partial charge in [-0.15, -0.1) is 0 Å². The van der Waals surface area contributed by atoms with Crippen molar-refractivity contribution in [3.05, 3.63) is 0 Å². The number of hydrogen-bond acceptors (Lipinski definition) is 3. The monoisotopic (exact) mass is 188 g/mol. The highest BCUT2D eigenvalue weighted by atomic mass is 16.5. The van der Waals surface area contributed by atoms with Gasteiger partial charge >= 0.3 is 5.97 Å². The maximum Gasteiger partial charge on any atom is 0.305 e. The van der Waals surface area contributed by atoms with Gasteiger partial charge in [0.2, 0.25) is 0 Å². The first-order valence-electron chi connectivity index (χ1n) is 4.69. The summed E-state index contributed by atoms with van der Waals surface area (Å²) in [5, 5.41) is 9.45. The molecule has 0 bridgehead atoms. The Kier molecular flexibility index (Phi) is 4.99. The standard InChI is InChI=1S/C10H20O3/c1-5-9(12)13-7-8(11)6-10(2,3)4/h8,11H,5-7H2,1-4H3. The third-order valence-electron chi connectivity index (χ3n) is 1.57. The summed E-state index contributed by atoms with van der Waals surface area (Å²) in [5.74, 6) is -0.257. The number of ether oxygens (including phenoxy) is 1.